The van der Waals surface area contributed by atoms with Crippen LogP contribution in [-0.4, -0.2) is 24.7 Å². The van der Waals surface area contributed by atoms with E-state index in [0.29, 0.717) is 5.56 Å². The van der Waals surface area contributed by atoms with Gasteiger partial charge in [0.2, 0.25) is 0 Å². The molecule has 88 valence electrons. The standard InChI is InChI=1S/C12H17FN2O/c1-14-11(12(16-2)5-3-6-12)9-4-7-15-8-10(9)13/h4,7-8,11,14H,3,5-6H2,1-2H3. The number of aromatic nitrogens is 1. The Morgan fingerprint density at radius 2 is 2.31 bits per heavy atom. The number of nitrogens with zero attached hydrogens (tertiary/aromatic N) is 1. The number of hydrogen-bond acceptors (Lipinski definition) is 3. The van der Waals surface area contributed by atoms with Crippen molar-refractivity contribution in [1.82, 2.24) is 10.3 Å². The Morgan fingerprint density at radius 3 is 2.75 bits per heavy atom. The van der Waals surface area contributed by atoms with Crippen LogP contribution >= 0.6 is 0 Å². The van der Waals surface area contributed by atoms with E-state index >= 15 is 0 Å². The highest BCUT2D eigenvalue weighted by Crippen LogP contribution is 2.45. The normalized spacial score (nSPS) is 20.2. The van der Waals surface area contributed by atoms with Gasteiger partial charge in [0.1, 0.15) is 5.82 Å². The summed E-state index contributed by atoms with van der Waals surface area (Å²) in [5, 5.41) is 3.16. The second kappa shape index (κ2) is 4.47. The zero-order valence-electron chi connectivity index (χ0n) is 9.66. The Labute approximate surface area is 95.0 Å². The number of pyridine rings is 1. The first kappa shape index (κ1) is 11.5. The quantitative estimate of drug-likeness (QED) is 0.850. The van der Waals surface area contributed by atoms with E-state index in [1.54, 1.807) is 19.4 Å². The van der Waals surface area contributed by atoms with Crippen molar-refractivity contribution in [2.75, 3.05) is 14.2 Å². The van der Waals surface area contributed by atoms with Crippen molar-refractivity contribution in [3.63, 3.8) is 0 Å². The summed E-state index contributed by atoms with van der Waals surface area (Å²) in [6.45, 7) is 0. The smallest absolute Gasteiger partial charge is 0.146 e. The van der Waals surface area contributed by atoms with E-state index in [-0.39, 0.29) is 17.5 Å². The minimum absolute atomic E-state index is 0.103. The highest BCUT2D eigenvalue weighted by Gasteiger charge is 2.45. The lowest BCUT2D eigenvalue weighted by molar-refractivity contribution is -0.0989. The summed E-state index contributed by atoms with van der Waals surface area (Å²) in [4.78, 5) is 3.77. The van der Waals surface area contributed by atoms with Gasteiger partial charge in [0.05, 0.1) is 17.8 Å². The molecule has 1 aliphatic rings. The van der Waals surface area contributed by atoms with Crippen molar-refractivity contribution < 1.29 is 9.13 Å². The molecule has 1 aliphatic carbocycles. The van der Waals surface area contributed by atoms with Gasteiger partial charge in [-0.3, -0.25) is 4.98 Å². The summed E-state index contributed by atoms with van der Waals surface area (Å²) in [5.41, 5.74) is 0.385. The molecule has 1 N–H and O–H groups in total. The average molecular weight is 224 g/mol. The van der Waals surface area contributed by atoms with E-state index in [1.807, 2.05) is 7.05 Å². The minimum atomic E-state index is -0.273. The van der Waals surface area contributed by atoms with E-state index in [4.69, 9.17) is 4.74 Å². The molecule has 1 aromatic rings. The van der Waals surface area contributed by atoms with Gasteiger partial charge >= 0.3 is 0 Å². The SMILES string of the molecule is CNC(c1ccncc1F)C1(OC)CCC1. The number of hydrogen-bond donors (Lipinski definition) is 1. The zero-order valence-corrected chi connectivity index (χ0v) is 9.66. The molecule has 0 amide bonds. The van der Waals surface area contributed by atoms with Crippen LogP contribution in [0.4, 0.5) is 4.39 Å². The molecule has 2 rings (SSSR count). The second-order valence-electron chi connectivity index (χ2n) is 4.24. The number of halogens is 1. The van der Waals surface area contributed by atoms with Crippen LogP contribution in [0.3, 0.4) is 0 Å². The maximum atomic E-state index is 13.7. The first-order chi connectivity index (χ1) is 7.73. The fraction of sp³-hybridized carbons (Fsp3) is 0.583. The summed E-state index contributed by atoms with van der Waals surface area (Å²) >= 11 is 0. The van der Waals surface area contributed by atoms with Crippen molar-refractivity contribution >= 4 is 0 Å². The molecule has 1 unspecified atom stereocenters. The van der Waals surface area contributed by atoms with Crippen LogP contribution in [0.25, 0.3) is 0 Å². The van der Waals surface area contributed by atoms with Gasteiger partial charge < -0.3 is 10.1 Å². The van der Waals surface area contributed by atoms with Crippen molar-refractivity contribution in [3.8, 4) is 0 Å². The molecule has 0 aliphatic heterocycles. The third kappa shape index (κ3) is 1.72. The van der Waals surface area contributed by atoms with Gasteiger partial charge in [0.25, 0.3) is 0 Å². The van der Waals surface area contributed by atoms with Crippen molar-refractivity contribution in [3.05, 3.63) is 29.8 Å². The van der Waals surface area contributed by atoms with Crippen molar-refractivity contribution in [2.45, 2.75) is 30.9 Å². The first-order valence-electron chi connectivity index (χ1n) is 5.55. The van der Waals surface area contributed by atoms with Gasteiger partial charge in [-0.05, 0) is 32.4 Å². The van der Waals surface area contributed by atoms with Crippen molar-refractivity contribution in [1.29, 1.82) is 0 Å². The van der Waals surface area contributed by atoms with Gasteiger partial charge in [-0.25, -0.2) is 4.39 Å². The molecule has 0 bridgehead atoms. The fourth-order valence-corrected chi connectivity index (χ4v) is 2.46. The molecule has 0 radical (unpaired) electrons. The molecular weight excluding hydrogens is 207 g/mol. The van der Waals surface area contributed by atoms with Crippen LogP contribution in [0.2, 0.25) is 0 Å². The predicted octanol–water partition coefficient (Wildman–Crippen LogP) is 2.05. The predicted molar refractivity (Wildman–Crippen MR) is 59.6 cm³/mol. The monoisotopic (exact) mass is 224 g/mol. The Morgan fingerprint density at radius 1 is 1.56 bits per heavy atom. The zero-order chi connectivity index (χ0) is 11.6. The Bertz CT molecular complexity index is 360. The Kier molecular flexibility index (Phi) is 3.21. The summed E-state index contributed by atoms with van der Waals surface area (Å²) in [7, 11) is 3.53. The van der Waals surface area contributed by atoms with Gasteiger partial charge in [0.15, 0.2) is 0 Å². The van der Waals surface area contributed by atoms with Crippen molar-refractivity contribution in [2.24, 2.45) is 0 Å². The number of rotatable bonds is 4. The van der Waals surface area contributed by atoms with Crippen LogP contribution in [0.15, 0.2) is 18.5 Å². The molecule has 0 saturated heterocycles. The van der Waals surface area contributed by atoms with Crippen LogP contribution in [-0.2, 0) is 4.74 Å². The number of ether oxygens (including phenoxy) is 1. The lowest BCUT2D eigenvalue weighted by atomic mass is 9.72. The third-order valence-electron chi connectivity index (χ3n) is 3.54. The van der Waals surface area contributed by atoms with Crippen LogP contribution in [0, 0.1) is 5.82 Å². The maximum absolute atomic E-state index is 13.7. The lowest BCUT2D eigenvalue weighted by Crippen LogP contribution is -2.50. The lowest BCUT2D eigenvalue weighted by Gasteiger charge is -2.46. The highest BCUT2D eigenvalue weighted by atomic mass is 19.1. The molecule has 4 heteroatoms. The molecule has 1 heterocycles. The minimum Gasteiger partial charge on any atom is -0.376 e. The summed E-state index contributed by atoms with van der Waals surface area (Å²) in [6, 6.07) is 1.62. The van der Waals surface area contributed by atoms with E-state index in [0.717, 1.165) is 19.3 Å². The van der Waals surface area contributed by atoms with E-state index in [1.165, 1.54) is 6.20 Å². The molecule has 1 aromatic heterocycles. The first-order valence-corrected chi connectivity index (χ1v) is 5.55. The van der Waals surface area contributed by atoms with Gasteiger partial charge in [-0.15, -0.1) is 0 Å². The molecule has 16 heavy (non-hydrogen) atoms. The highest BCUT2D eigenvalue weighted by molar-refractivity contribution is 5.23. The largest absolute Gasteiger partial charge is 0.376 e. The molecule has 3 nitrogen and oxygen atoms in total. The third-order valence-corrected chi connectivity index (χ3v) is 3.54. The maximum Gasteiger partial charge on any atom is 0.146 e. The van der Waals surface area contributed by atoms with E-state index < -0.39 is 0 Å². The number of likely N-dealkylation sites (N-methyl/N-ethyl adjacent to an activating group) is 1. The molecule has 1 fully saturated rings. The Hall–Kier alpha value is -1.00. The van der Waals surface area contributed by atoms with E-state index in [2.05, 4.69) is 10.3 Å². The average Bonchev–Trinajstić information content (AvgIpc) is 2.25. The summed E-state index contributed by atoms with van der Waals surface area (Å²) < 4.78 is 19.3. The van der Waals surface area contributed by atoms with E-state index in [9.17, 15) is 4.39 Å². The van der Waals surface area contributed by atoms with Gasteiger partial charge in [-0.2, -0.15) is 0 Å². The molecule has 1 atom stereocenters. The summed E-state index contributed by atoms with van der Waals surface area (Å²) in [5.74, 6) is -0.273. The molecule has 0 spiro atoms. The Balaban J connectivity index is 2.32. The van der Waals surface area contributed by atoms with Gasteiger partial charge in [-0.1, -0.05) is 0 Å². The number of nitrogens with one attached hydrogen (secondary N) is 1. The summed E-state index contributed by atoms with van der Waals surface area (Å²) in [6.07, 6.45) is 5.94. The second-order valence-corrected chi connectivity index (χ2v) is 4.24. The number of methoxy groups -OCH3 is 1. The fourth-order valence-electron chi connectivity index (χ4n) is 2.46. The topological polar surface area (TPSA) is 34.2 Å². The van der Waals surface area contributed by atoms with Crippen LogP contribution < -0.4 is 5.32 Å². The van der Waals surface area contributed by atoms with Gasteiger partial charge in [0, 0.05) is 18.9 Å². The van der Waals surface area contributed by atoms with Crippen LogP contribution in [0.5, 0.6) is 0 Å². The molecule has 0 aromatic carbocycles. The molecular formula is C12H17FN2O. The van der Waals surface area contributed by atoms with Crippen LogP contribution in [0.1, 0.15) is 30.9 Å². The molecule has 1 saturated carbocycles.